The number of aromatic nitrogens is 1. The first-order valence-electron chi connectivity index (χ1n) is 7.49. The Morgan fingerprint density at radius 1 is 1.33 bits per heavy atom. The molecule has 1 N–H and O–H groups in total. The van der Waals surface area contributed by atoms with E-state index in [4.69, 9.17) is 4.98 Å². The SMILES string of the molecule is CCCNCc1sc(-c2cc(F)ccc2C)nc1C(C)C. The Balaban J connectivity index is 2.36. The summed E-state index contributed by atoms with van der Waals surface area (Å²) in [6, 6.07) is 4.90. The van der Waals surface area contributed by atoms with Gasteiger partial charge in [0.2, 0.25) is 0 Å². The van der Waals surface area contributed by atoms with E-state index >= 15 is 0 Å². The molecular weight excluding hydrogens is 283 g/mol. The molecule has 0 saturated heterocycles. The van der Waals surface area contributed by atoms with Crippen molar-refractivity contribution in [2.75, 3.05) is 6.54 Å². The van der Waals surface area contributed by atoms with Crippen LogP contribution in [0.15, 0.2) is 18.2 Å². The second-order valence-electron chi connectivity index (χ2n) is 5.62. The van der Waals surface area contributed by atoms with E-state index in [0.717, 1.165) is 41.3 Å². The number of aryl methyl sites for hydroxylation is 1. The number of halogens is 1. The number of nitrogens with zero attached hydrogens (tertiary/aromatic N) is 1. The van der Waals surface area contributed by atoms with E-state index in [1.54, 1.807) is 17.4 Å². The third kappa shape index (κ3) is 3.89. The molecule has 2 aromatic rings. The molecule has 0 spiro atoms. The Kier molecular flexibility index (Phi) is 5.48. The topological polar surface area (TPSA) is 24.9 Å². The number of benzene rings is 1. The van der Waals surface area contributed by atoms with Crippen molar-refractivity contribution in [1.29, 1.82) is 0 Å². The van der Waals surface area contributed by atoms with Gasteiger partial charge < -0.3 is 5.32 Å². The Bertz CT molecular complexity index is 605. The third-order valence-electron chi connectivity index (χ3n) is 3.42. The van der Waals surface area contributed by atoms with E-state index in [1.807, 2.05) is 13.0 Å². The standard InChI is InChI=1S/C17H23FN2S/c1-5-8-19-10-15-16(11(2)3)20-17(21-15)14-9-13(18)7-6-12(14)4/h6-7,9,11,19H,5,8,10H2,1-4H3. The molecule has 0 radical (unpaired) electrons. The molecule has 0 aliphatic carbocycles. The lowest BCUT2D eigenvalue weighted by atomic mass is 10.1. The molecule has 114 valence electrons. The van der Waals surface area contributed by atoms with E-state index in [1.165, 1.54) is 10.9 Å². The predicted octanol–water partition coefficient (Wildman–Crippen LogP) is 4.88. The number of hydrogen-bond donors (Lipinski definition) is 1. The van der Waals surface area contributed by atoms with E-state index in [0.29, 0.717) is 5.92 Å². The predicted molar refractivity (Wildman–Crippen MR) is 88.3 cm³/mol. The monoisotopic (exact) mass is 306 g/mol. The van der Waals surface area contributed by atoms with E-state index in [-0.39, 0.29) is 5.82 Å². The molecule has 0 aliphatic heterocycles. The summed E-state index contributed by atoms with van der Waals surface area (Å²) in [4.78, 5) is 6.03. The van der Waals surface area contributed by atoms with Crippen LogP contribution in [-0.4, -0.2) is 11.5 Å². The van der Waals surface area contributed by atoms with Gasteiger partial charge in [0.1, 0.15) is 10.8 Å². The van der Waals surface area contributed by atoms with Crippen LogP contribution in [0.25, 0.3) is 10.6 Å². The van der Waals surface area contributed by atoms with Crippen LogP contribution >= 0.6 is 11.3 Å². The van der Waals surface area contributed by atoms with Crippen molar-refractivity contribution in [2.24, 2.45) is 0 Å². The zero-order chi connectivity index (χ0) is 15.4. The van der Waals surface area contributed by atoms with Crippen LogP contribution in [0.4, 0.5) is 4.39 Å². The van der Waals surface area contributed by atoms with Gasteiger partial charge in [-0.1, -0.05) is 26.8 Å². The third-order valence-corrected chi connectivity index (χ3v) is 4.52. The van der Waals surface area contributed by atoms with Gasteiger partial charge in [0.05, 0.1) is 5.69 Å². The first kappa shape index (κ1) is 16.1. The van der Waals surface area contributed by atoms with Crippen LogP contribution in [0.5, 0.6) is 0 Å². The van der Waals surface area contributed by atoms with Gasteiger partial charge in [-0.15, -0.1) is 11.3 Å². The zero-order valence-corrected chi connectivity index (χ0v) is 14.0. The molecular formula is C17H23FN2S. The molecule has 2 nitrogen and oxygen atoms in total. The number of rotatable bonds is 6. The quantitative estimate of drug-likeness (QED) is 0.769. The van der Waals surface area contributed by atoms with Crippen molar-refractivity contribution in [3.8, 4) is 10.6 Å². The van der Waals surface area contributed by atoms with Crippen molar-refractivity contribution in [1.82, 2.24) is 10.3 Å². The molecule has 21 heavy (non-hydrogen) atoms. The highest BCUT2D eigenvalue weighted by atomic mass is 32.1. The highest BCUT2D eigenvalue weighted by molar-refractivity contribution is 7.15. The van der Waals surface area contributed by atoms with E-state index in [2.05, 4.69) is 26.1 Å². The number of hydrogen-bond acceptors (Lipinski definition) is 3. The smallest absolute Gasteiger partial charge is 0.124 e. The lowest BCUT2D eigenvalue weighted by Gasteiger charge is -2.05. The maximum absolute atomic E-state index is 13.5. The van der Waals surface area contributed by atoms with Crippen LogP contribution < -0.4 is 5.32 Å². The summed E-state index contributed by atoms with van der Waals surface area (Å²) in [7, 11) is 0. The average molecular weight is 306 g/mol. The minimum absolute atomic E-state index is 0.206. The summed E-state index contributed by atoms with van der Waals surface area (Å²) >= 11 is 1.67. The van der Waals surface area contributed by atoms with Gasteiger partial charge in [-0.05, 0) is 43.5 Å². The van der Waals surface area contributed by atoms with Gasteiger partial charge in [0.25, 0.3) is 0 Å². The number of thiazole rings is 1. The maximum atomic E-state index is 13.5. The summed E-state index contributed by atoms with van der Waals surface area (Å²) in [5.41, 5.74) is 3.10. The Morgan fingerprint density at radius 2 is 2.10 bits per heavy atom. The fourth-order valence-electron chi connectivity index (χ4n) is 2.26. The summed E-state index contributed by atoms with van der Waals surface area (Å²) in [5, 5.41) is 4.35. The molecule has 0 bridgehead atoms. The lowest BCUT2D eigenvalue weighted by Crippen LogP contribution is -2.14. The molecule has 4 heteroatoms. The van der Waals surface area contributed by atoms with Gasteiger partial charge in [0, 0.05) is 17.0 Å². The molecule has 1 heterocycles. The van der Waals surface area contributed by atoms with Gasteiger partial charge in [-0.2, -0.15) is 0 Å². The number of nitrogens with one attached hydrogen (secondary N) is 1. The first-order valence-corrected chi connectivity index (χ1v) is 8.31. The molecule has 0 atom stereocenters. The molecule has 0 fully saturated rings. The lowest BCUT2D eigenvalue weighted by molar-refractivity contribution is 0.628. The van der Waals surface area contributed by atoms with E-state index in [9.17, 15) is 4.39 Å². The second-order valence-corrected chi connectivity index (χ2v) is 6.70. The maximum Gasteiger partial charge on any atom is 0.124 e. The molecule has 0 aliphatic rings. The van der Waals surface area contributed by atoms with Crippen molar-refractivity contribution in [3.63, 3.8) is 0 Å². The van der Waals surface area contributed by atoms with Crippen molar-refractivity contribution < 1.29 is 4.39 Å². The first-order chi connectivity index (χ1) is 10.0. The molecule has 1 aromatic heterocycles. The van der Waals surface area contributed by atoms with E-state index < -0.39 is 0 Å². The highest BCUT2D eigenvalue weighted by Crippen LogP contribution is 2.33. The molecule has 2 rings (SSSR count). The average Bonchev–Trinajstić information content (AvgIpc) is 2.86. The summed E-state index contributed by atoms with van der Waals surface area (Å²) < 4.78 is 13.5. The molecule has 1 aromatic carbocycles. The van der Waals surface area contributed by atoms with Crippen LogP contribution in [0.3, 0.4) is 0 Å². The van der Waals surface area contributed by atoms with Crippen LogP contribution in [0.2, 0.25) is 0 Å². The second kappa shape index (κ2) is 7.14. The largest absolute Gasteiger partial charge is 0.312 e. The van der Waals surface area contributed by atoms with Crippen LogP contribution in [0.1, 0.15) is 49.2 Å². The van der Waals surface area contributed by atoms with Gasteiger partial charge in [-0.3, -0.25) is 0 Å². The van der Waals surface area contributed by atoms with Crippen LogP contribution in [-0.2, 0) is 6.54 Å². The highest BCUT2D eigenvalue weighted by Gasteiger charge is 2.16. The normalized spacial score (nSPS) is 11.3. The van der Waals surface area contributed by atoms with Gasteiger partial charge >= 0.3 is 0 Å². The van der Waals surface area contributed by atoms with Crippen molar-refractivity contribution in [2.45, 2.75) is 46.6 Å². The summed E-state index contributed by atoms with van der Waals surface area (Å²) in [5.74, 6) is 0.171. The molecule has 0 saturated carbocycles. The fourth-order valence-corrected chi connectivity index (χ4v) is 3.53. The summed E-state index contributed by atoms with van der Waals surface area (Å²) in [6.07, 6.45) is 1.12. The van der Waals surface area contributed by atoms with Gasteiger partial charge in [-0.25, -0.2) is 9.37 Å². The Morgan fingerprint density at radius 3 is 2.76 bits per heavy atom. The van der Waals surface area contributed by atoms with Crippen LogP contribution in [0, 0.1) is 12.7 Å². The molecule has 0 unspecified atom stereocenters. The minimum atomic E-state index is -0.206. The Hall–Kier alpha value is -1.26. The molecule has 0 amide bonds. The fraction of sp³-hybridized carbons (Fsp3) is 0.471. The van der Waals surface area contributed by atoms with Crippen molar-refractivity contribution >= 4 is 11.3 Å². The van der Waals surface area contributed by atoms with Crippen molar-refractivity contribution in [3.05, 3.63) is 40.2 Å². The van der Waals surface area contributed by atoms with Gasteiger partial charge in [0.15, 0.2) is 0 Å². The zero-order valence-electron chi connectivity index (χ0n) is 13.2. The summed E-state index contributed by atoms with van der Waals surface area (Å²) in [6.45, 7) is 10.3. The Labute approximate surface area is 130 Å². The minimum Gasteiger partial charge on any atom is -0.312 e.